The second kappa shape index (κ2) is 5.75. The molecule has 0 aliphatic carbocycles. The standard InChI is InChI=1S/C22H14O3.ClH/c1-12-18-10-13-11-19(23)14-6-2-4-8-16(14)21(13)25-22(18)17-9-5-3-7-15(17)20(12)24;/h2-11H,1H3,(H-,23,24);1H. The van der Waals surface area contributed by atoms with Crippen molar-refractivity contribution in [1.29, 1.82) is 0 Å². The summed E-state index contributed by atoms with van der Waals surface area (Å²) in [4.78, 5) is 0. The predicted molar refractivity (Wildman–Crippen MR) is 101 cm³/mol. The lowest BCUT2D eigenvalue weighted by Crippen LogP contribution is -3.00. The third-order valence-electron chi connectivity index (χ3n) is 4.94. The van der Waals surface area contributed by atoms with Gasteiger partial charge >= 0.3 is 11.2 Å². The van der Waals surface area contributed by atoms with Gasteiger partial charge in [0.2, 0.25) is 0 Å². The number of aromatic hydroxyl groups is 2. The van der Waals surface area contributed by atoms with Gasteiger partial charge in [0.05, 0.1) is 21.5 Å². The monoisotopic (exact) mass is 362 g/mol. The Bertz CT molecular complexity index is 1330. The third-order valence-corrected chi connectivity index (χ3v) is 4.94. The second-order valence-corrected chi connectivity index (χ2v) is 6.37. The molecule has 4 heteroatoms. The van der Waals surface area contributed by atoms with Crippen molar-refractivity contribution in [3.8, 4) is 11.5 Å². The van der Waals surface area contributed by atoms with Crippen molar-refractivity contribution in [2.45, 2.75) is 6.92 Å². The molecule has 0 unspecified atom stereocenters. The van der Waals surface area contributed by atoms with E-state index in [1.165, 1.54) is 0 Å². The Balaban J connectivity index is 0.00000168. The quantitative estimate of drug-likeness (QED) is 0.253. The van der Waals surface area contributed by atoms with Gasteiger partial charge in [-0.3, -0.25) is 0 Å². The van der Waals surface area contributed by atoms with Crippen molar-refractivity contribution in [2.24, 2.45) is 0 Å². The van der Waals surface area contributed by atoms with Crippen LogP contribution in [-0.4, -0.2) is 10.2 Å². The first-order valence-corrected chi connectivity index (χ1v) is 8.16. The molecule has 26 heavy (non-hydrogen) atoms. The van der Waals surface area contributed by atoms with Crippen LogP contribution >= 0.6 is 0 Å². The van der Waals surface area contributed by atoms with E-state index in [9.17, 15) is 10.2 Å². The fourth-order valence-corrected chi connectivity index (χ4v) is 3.65. The Morgan fingerprint density at radius 2 is 1.27 bits per heavy atom. The minimum atomic E-state index is 0. The van der Waals surface area contributed by atoms with Crippen LogP contribution in [0.4, 0.5) is 0 Å². The van der Waals surface area contributed by atoms with Crippen LogP contribution in [0.1, 0.15) is 5.56 Å². The molecule has 2 N–H and O–H groups in total. The molecule has 0 spiro atoms. The van der Waals surface area contributed by atoms with Crippen LogP contribution in [0.3, 0.4) is 0 Å². The van der Waals surface area contributed by atoms with Gasteiger partial charge in [-0.25, -0.2) is 4.42 Å². The number of aryl methyl sites for hydroxylation is 1. The topological polar surface area (TPSA) is 51.8 Å². The van der Waals surface area contributed by atoms with E-state index in [-0.39, 0.29) is 23.9 Å². The first-order chi connectivity index (χ1) is 12.1. The number of phenols is 2. The van der Waals surface area contributed by atoms with Gasteiger partial charge in [-0.1, -0.05) is 36.4 Å². The molecular weight excluding hydrogens is 348 g/mol. The molecule has 4 aromatic carbocycles. The Morgan fingerprint density at radius 3 is 1.96 bits per heavy atom. The summed E-state index contributed by atoms with van der Waals surface area (Å²) in [6.45, 7) is 1.88. The Labute approximate surface area is 155 Å². The van der Waals surface area contributed by atoms with Gasteiger partial charge < -0.3 is 22.6 Å². The normalized spacial score (nSPS) is 11.3. The highest BCUT2D eigenvalue weighted by molar-refractivity contribution is 6.14. The molecule has 0 saturated carbocycles. The molecule has 128 valence electrons. The average Bonchev–Trinajstić information content (AvgIpc) is 2.65. The molecule has 5 rings (SSSR count). The molecule has 5 aromatic rings. The van der Waals surface area contributed by atoms with Crippen LogP contribution in [0.2, 0.25) is 0 Å². The highest BCUT2D eigenvalue weighted by atomic mass is 35.5. The summed E-state index contributed by atoms with van der Waals surface area (Å²) in [5.74, 6) is 0.489. The van der Waals surface area contributed by atoms with Crippen molar-refractivity contribution in [1.82, 2.24) is 0 Å². The van der Waals surface area contributed by atoms with Crippen molar-refractivity contribution < 1.29 is 27.0 Å². The average molecular weight is 363 g/mol. The van der Waals surface area contributed by atoms with Gasteiger partial charge in [0, 0.05) is 16.3 Å². The summed E-state index contributed by atoms with van der Waals surface area (Å²) in [5.41, 5.74) is 2.25. The van der Waals surface area contributed by atoms with Crippen LogP contribution in [0, 0.1) is 6.92 Å². The van der Waals surface area contributed by atoms with Crippen LogP contribution in [0.25, 0.3) is 43.5 Å². The molecule has 1 aromatic heterocycles. The maximum absolute atomic E-state index is 10.6. The number of phenolic OH excluding ortho intramolecular Hbond substituents is 2. The van der Waals surface area contributed by atoms with E-state index in [4.69, 9.17) is 4.42 Å². The van der Waals surface area contributed by atoms with Crippen molar-refractivity contribution >= 4 is 43.5 Å². The lowest BCUT2D eigenvalue weighted by atomic mass is 9.99. The van der Waals surface area contributed by atoms with Crippen molar-refractivity contribution in [3.63, 3.8) is 0 Å². The highest BCUT2D eigenvalue weighted by Gasteiger charge is 2.23. The number of hydrogen-bond acceptors (Lipinski definition) is 2. The summed E-state index contributed by atoms with van der Waals surface area (Å²) in [5, 5.41) is 25.8. The molecule has 3 nitrogen and oxygen atoms in total. The molecule has 0 bridgehead atoms. The van der Waals surface area contributed by atoms with E-state index in [2.05, 4.69) is 0 Å². The second-order valence-electron chi connectivity index (χ2n) is 6.37. The number of benzene rings is 4. The van der Waals surface area contributed by atoms with Gasteiger partial charge in [0.25, 0.3) is 0 Å². The number of halogens is 1. The lowest BCUT2D eigenvalue weighted by Gasteiger charge is -2.06. The van der Waals surface area contributed by atoms with Crippen LogP contribution < -0.4 is 12.4 Å². The number of rotatable bonds is 0. The minimum Gasteiger partial charge on any atom is -1.00 e. The van der Waals surface area contributed by atoms with Gasteiger partial charge in [-0.2, -0.15) is 0 Å². The van der Waals surface area contributed by atoms with Crippen LogP contribution in [-0.2, 0) is 0 Å². The fourth-order valence-electron chi connectivity index (χ4n) is 3.65. The fraction of sp³-hybridized carbons (Fsp3) is 0.0455. The first kappa shape index (κ1) is 16.4. The lowest BCUT2D eigenvalue weighted by molar-refractivity contribution is -0.00000711. The summed E-state index contributed by atoms with van der Waals surface area (Å²) >= 11 is 0. The summed E-state index contributed by atoms with van der Waals surface area (Å²) < 4.78 is 6.34. The highest BCUT2D eigenvalue weighted by Crippen LogP contribution is 2.41. The van der Waals surface area contributed by atoms with Gasteiger partial charge in [0.1, 0.15) is 11.5 Å². The van der Waals surface area contributed by atoms with E-state index < -0.39 is 0 Å². The van der Waals surface area contributed by atoms with Crippen molar-refractivity contribution in [2.75, 3.05) is 0 Å². The molecule has 0 amide bonds. The Kier molecular flexibility index (Phi) is 3.63. The third kappa shape index (κ3) is 2.11. The molecule has 0 fully saturated rings. The summed E-state index contributed by atoms with van der Waals surface area (Å²) in [6, 6.07) is 19.0. The summed E-state index contributed by atoms with van der Waals surface area (Å²) in [7, 11) is 0. The number of hydrogen-bond donors (Lipinski definition) is 2. The molecule has 0 aliphatic rings. The number of fused-ring (bicyclic) bond motifs is 6. The van der Waals surface area contributed by atoms with Gasteiger partial charge in [-0.05, 0) is 31.2 Å². The van der Waals surface area contributed by atoms with Crippen molar-refractivity contribution in [3.05, 3.63) is 66.2 Å². The van der Waals surface area contributed by atoms with E-state index in [0.29, 0.717) is 0 Å². The zero-order valence-corrected chi connectivity index (χ0v) is 14.7. The van der Waals surface area contributed by atoms with E-state index in [0.717, 1.165) is 49.0 Å². The summed E-state index contributed by atoms with van der Waals surface area (Å²) in [6.07, 6.45) is 0. The molecule has 0 aliphatic heterocycles. The smallest absolute Gasteiger partial charge is 0.369 e. The van der Waals surface area contributed by atoms with E-state index in [1.54, 1.807) is 6.07 Å². The largest absolute Gasteiger partial charge is 1.00 e. The van der Waals surface area contributed by atoms with Gasteiger partial charge in [-0.15, -0.1) is 0 Å². The van der Waals surface area contributed by atoms with E-state index in [1.807, 2.05) is 61.5 Å². The Morgan fingerprint density at radius 1 is 0.692 bits per heavy atom. The van der Waals surface area contributed by atoms with Gasteiger partial charge in [0.15, 0.2) is 0 Å². The maximum atomic E-state index is 10.6. The molecule has 0 atom stereocenters. The SMILES string of the molecule is Cc1c(O)c2ccccc2c2[o+]c3c(cc(O)c4ccccc43)cc12.[Cl-]. The van der Waals surface area contributed by atoms with Crippen LogP contribution in [0.5, 0.6) is 11.5 Å². The first-order valence-electron chi connectivity index (χ1n) is 8.16. The molecular formula is C22H15ClO3. The maximum Gasteiger partial charge on any atom is 0.369 e. The zero-order valence-electron chi connectivity index (χ0n) is 14.0. The zero-order chi connectivity index (χ0) is 17.1. The van der Waals surface area contributed by atoms with Crippen LogP contribution in [0.15, 0.2) is 65.1 Å². The minimum absolute atomic E-state index is 0. The molecule has 0 radical (unpaired) electrons. The predicted octanol–water partition coefficient (Wildman–Crippen LogP) is 2.90. The molecule has 1 heterocycles. The Hall–Kier alpha value is -3.04. The van der Waals surface area contributed by atoms with E-state index >= 15 is 0 Å². The molecule has 0 saturated heterocycles.